The van der Waals surface area contributed by atoms with Crippen molar-refractivity contribution in [2.45, 2.75) is 17.9 Å². The van der Waals surface area contributed by atoms with E-state index >= 15 is 0 Å². The minimum atomic E-state index is -4.35. The van der Waals surface area contributed by atoms with Crippen LogP contribution in [0.15, 0.2) is 64.1 Å². The summed E-state index contributed by atoms with van der Waals surface area (Å²) in [5, 5.41) is 11.5. The average Bonchev–Trinajstić information content (AvgIpc) is 3.31. The number of aliphatic hydroxyl groups excluding tert-OH is 1. The number of sulfone groups is 1. The summed E-state index contributed by atoms with van der Waals surface area (Å²) in [6, 6.07) is 10.3. The molecule has 1 aliphatic rings. The van der Waals surface area contributed by atoms with Crippen molar-refractivity contribution in [1.29, 1.82) is 0 Å². The number of nitrogens with zero attached hydrogens (tertiary/aromatic N) is 2. The standard InChI is InChI=1S/C22H16Cl2N2O6S2/c1-11-18(21(29)32-2)33-22(25-11)26-16(12-3-5-13(23)6-4-12)19(17(27)20(26)28)34(30,31)15-9-7-14(24)8-10-15/h3-10,16,27H,1-2H3. The zero-order chi connectivity index (χ0) is 24.8. The molecule has 0 radical (unpaired) electrons. The number of ether oxygens (including phenoxy) is 1. The first-order valence-electron chi connectivity index (χ1n) is 9.64. The van der Waals surface area contributed by atoms with E-state index in [1.807, 2.05) is 0 Å². The highest BCUT2D eigenvalue weighted by atomic mass is 35.5. The van der Waals surface area contributed by atoms with Crippen LogP contribution in [-0.2, 0) is 19.4 Å². The molecule has 0 saturated heterocycles. The summed E-state index contributed by atoms with van der Waals surface area (Å²) < 4.78 is 32.0. The Kier molecular flexibility index (Phi) is 6.43. The van der Waals surface area contributed by atoms with Crippen LogP contribution in [0, 0.1) is 6.92 Å². The summed E-state index contributed by atoms with van der Waals surface area (Å²) in [6.07, 6.45) is 0. The molecule has 34 heavy (non-hydrogen) atoms. The normalized spacial score (nSPS) is 16.3. The van der Waals surface area contributed by atoms with Gasteiger partial charge in [-0.3, -0.25) is 9.69 Å². The van der Waals surface area contributed by atoms with E-state index in [1.165, 1.54) is 43.5 Å². The van der Waals surface area contributed by atoms with Crippen LogP contribution in [0.1, 0.15) is 27.0 Å². The fourth-order valence-corrected chi connectivity index (χ4v) is 6.40. The number of halogens is 2. The van der Waals surface area contributed by atoms with Crippen LogP contribution in [0.5, 0.6) is 0 Å². The molecule has 0 aliphatic carbocycles. The Balaban J connectivity index is 1.93. The number of hydrogen-bond donors (Lipinski definition) is 1. The van der Waals surface area contributed by atoms with Gasteiger partial charge >= 0.3 is 5.97 Å². The summed E-state index contributed by atoms with van der Waals surface area (Å²) in [7, 11) is -3.14. The van der Waals surface area contributed by atoms with E-state index in [1.54, 1.807) is 19.1 Å². The second-order valence-corrected chi connectivity index (χ2v) is 11.0. The largest absolute Gasteiger partial charge is 0.502 e. The number of aliphatic hydroxyl groups is 1. The number of benzene rings is 2. The maximum atomic E-state index is 13.6. The minimum Gasteiger partial charge on any atom is -0.502 e. The molecular weight excluding hydrogens is 523 g/mol. The summed E-state index contributed by atoms with van der Waals surface area (Å²) in [6.45, 7) is 1.56. The zero-order valence-corrected chi connectivity index (χ0v) is 20.8. The van der Waals surface area contributed by atoms with Crippen molar-refractivity contribution in [1.82, 2.24) is 4.98 Å². The molecule has 4 rings (SSSR count). The van der Waals surface area contributed by atoms with Gasteiger partial charge in [0.15, 0.2) is 10.9 Å². The van der Waals surface area contributed by atoms with Crippen LogP contribution in [0.25, 0.3) is 0 Å². The molecule has 12 heteroatoms. The third-order valence-corrected chi connectivity index (χ3v) is 8.65. The first kappa shape index (κ1) is 24.2. The maximum Gasteiger partial charge on any atom is 0.350 e. The molecule has 1 aliphatic heterocycles. The summed E-state index contributed by atoms with van der Waals surface area (Å²) in [4.78, 5) is 30.1. The van der Waals surface area contributed by atoms with E-state index in [0.717, 1.165) is 16.2 Å². The molecule has 1 aromatic heterocycles. The number of esters is 1. The third-order valence-electron chi connectivity index (χ3n) is 5.12. The Labute approximate surface area is 208 Å². The quantitative estimate of drug-likeness (QED) is 0.460. The summed E-state index contributed by atoms with van der Waals surface area (Å²) >= 11 is 12.8. The molecule has 8 nitrogen and oxygen atoms in total. The van der Waals surface area contributed by atoms with E-state index in [4.69, 9.17) is 27.9 Å². The van der Waals surface area contributed by atoms with Crippen LogP contribution in [0.4, 0.5) is 5.13 Å². The number of rotatable bonds is 5. The number of aryl methyl sites for hydroxylation is 1. The van der Waals surface area contributed by atoms with Crippen molar-refractivity contribution in [3.05, 3.63) is 85.4 Å². The molecule has 1 atom stereocenters. The molecule has 2 heterocycles. The van der Waals surface area contributed by atoms with Crippen molar-refractivity contribution in [2.75, 3.05) is 12.0 Å². The van der Waals surface area contributed by atoms with Crippen molar-refractivity contribution in [3.63, 3.8) is 0 Å². The number of methoxy groups -OCH3 is 1. The highest BCUT2D eigenvalue weighted by Gasteiger charge is 2.49. The van der Waals surface area contributed by atoms with Crippen LogP contribution >= 0.6 is 34.5 Å². The molecule has 0 bridgehead atoms. The predicted molar refractivity (Wildman–Crippen MR) is 128 cm³/mol. The fourth-order valence-electron chi connectivity index (χ4n) is 3.51. The van der Waals surface area contributed by atoms with E-state index in [9.17, 15) is 23.1 Å². The lowest BCUT2D eigenvalue weighted by molar-refractivity contribution is -0.117. The number of amides is 1. The van der Waals surface area contributed by atoms with Gasteiger partial charge in [0, 0.05) is 10.0 Å². The van der Waals surface area contributed by atoms with E-state index in [0.29, 0.717) is 21.3 Å². The zero-order valence-electron chi connectivity index (χ0n) is 17.7. The van der Waals surface area contributed by atoms with Crippen LogP contribution < -0.4 is 4.90 Å². The van der Waals surface area contributed by atoms with Crippen molar-refractivity contribution < 1.29 is 27.9 Å². The van der Waals surface area contributed by atoms with Gasteiger partial charge in [0.25, 0.3) is 5.91 Å². The Hall–Kier alpha value is -2.92. The van der Waals surface area contributed by atoms with Gasteiger partial charge in [-0.2, -0.15) is 0 Å². The SMILES string of the molecule is COC(=O)c1sc(N2C(=O)C(O)=C(S(=O)(=O)c3ccc(Cl)cc3)C2c2ccc(Cl)cc2)nc1C. The number of anilines is 1. The molecule has 176 valence electrons. The molecule has 1 N–H and O–H groups in total. The lowest BCUT2D eigenvalue weighted by atomic mass is 10.1. The topological polar surface area (TPSA) is 114 Å². The van der Waals surface area contributed by atoms with Crippen molar-refractivity contribution >= 4 is 61.4 Å². The number of carbonyl (C=O) groups excluding carboxylic acids is 2. The van der Waals surface area contributed by atoms with Crippen LogP contribution in [0.3, 0.4) is 0 Å². The van der Waals surface area contributed by atoms with Crippen LogP contribution in [0.2, 0.25) is 10.0 Å². The predicted octanol–water partition coefficient (Wildman–Crippen LogP) is 4.88. The van der Waals surface area contributed by atoms with Gasteiger partial charge in [0.2, 0.25) is 9.84 Å². The Morgan fingerprint density at radius 2 is 1.65 bits per heavy atom. The van der Waals surface area contributed by atoms with Crippen molar-refractivity contribution in [2.24, 2.45) is 0 Å². The van der Waals surface area contributed by atoms with Gasteiger partial charge in [0.05, 0.1) is 17.7 Å². The third kappa shape index (κ3) is 4.07. The van der Waals surface area contributed by atoms with E-state index in [-0.39, 0.29) is 14.9 Å². The minimum absolute atomic E-state index is 0.0238. The van der Waals surface area contributed by atoms with Gasteiger partial charge in [-0.1, -0.05) is 46.7 Å². The van der Waals surface area contributed by atoms with Gasteiger partial charge in [-0.05, 0) is 48.9 Å². The number of hydrogen-bond acceptors (Lipinski definition) is 8. The second kappa shape index (κ2) is 9.03. The van der Waals surface area contributed by atoms with E-state index in [2.05, 4.69) is 4.98 Å². The molecule has 0 fully saturated rings. The highest BCUT2D eigenvalue weighted by molar-refractivity contribution is 7.95. The first-order valence-corrected chi connectivity index (χ1v) is 12.7. The number of aromatic nitrogens is 1. The molecule has 1 amide bonds. The first-order chi connectivity index (χ1) is 16.1. The summed E-state index contributed by atoms with van der Waals surface area (Å²) in [5.74, 6) is -2.57. The second-order valence-electron chi connectivity index (χ2n) is 7.20. The number of carbonyl (C=O) groups is 2. The Morgan fingerprint density at radius 1 is 1.09 bits per heavy atom. The average molecular weight is 539 g/mol. The fraction of sp³-hybridized carbons (Fsp3) is 0.136. The summed E-state index contributed by atoms with van der Waals surface area (Å²) in [5.41, 5.74) is 0.657. The molecule has 0 spiro atoms. The van der Waals surface area contributed by atoms with Gasteiger partial charge < -0.3 is 9.84 Å². The van der Waals surface area contributed by atoms with Gasteiger partial charge in [-0.25, -0.2) is 18.2 Å². The molecular formula is C22H16Cl2N2O6S2. The monoisotopic (exact) mass is 538 g/mol. The molecule has 2 aromatic carbocycles. The molecule has 1 unspecified atom stereocenters. The Morgan fingerprint density at radius 3 is 2.21 bits per heavy atom. The highest BCUT2D eigenvalue weighted by Crippen LogP contribution is 2.46. The Bertz CT molecular complexity index is 1430. The van der Waals surface area contributed by atoms with Crippen molar-refractivity contribution in [3.8, 4) is 0 Å². The van der Waals surface area contributed by atoms with Crippen LogP contribution in [-0.4, -0.2) is 37.5 Å². The maximum absolute atomic E-state index is 13.6. The molecule has 0 saturated carbocycles. The van der Waals surface area contributed by atoms with E-state index < -0.39 is 38.4 Å². The molecule has 3 aromatic rings. The lowest BCUT2D eigenvalue weighted by Gasteiger charge is -2.24. The lowest BCUT2D eigenvalue weighted by Crippen LogP contribution is -2.31. The van der Waals surface area contributed by atoms with Gasteiger partial charge in [-0.15, -0.1) is 0 Å². The van der Waals surface area contributed by atoms with Gasteiger partial charge in [0.1, 0.15) is 15.8 Å². The number of thiazole rings is 1. The smallest absolute Gasteiger partial charge is 0.350 e.